The van der Waals surface area contributed by atoms with Crippen LogP contribution in [0.5, 0.6) is 0 Å². The van der Waals surface area contributed by atoms with Crippen LogP contribution in [-0.2, 0) is 4.79 Å². The molecular weight excluding hydrogens is 335 g/mol. The van der Waals surface area contributed by atoms with Crippen LogP contribution in [0.3, 0.4) is 0 Å². The summed E-state index contributed by atoms with van der Waals surface area (Å²) in [6.07, 6.45) is 4.51. The third-order valence-corrected chi connectivity index (χ3v) is 4.22. The molecule has 0 radical (unpaired) electrons. The lowest BCUT2D eigenvalue weighted by Gasteiger charge is -2.30. The molecule has 0 spiro atoms. The van der Waals surface area contributed by atoms with Gasteiger partial charge in [0.15, 0.2) is 17.5 Å². The SMILES string of the molecule is CCN(C)C(=O)C(C)(C)Nc1nc(-c2c[nH]c3ncccc23)ncc1F. The Labute approximate surface area is 150 Å². The molecule has 3 rings (SSSR count). The van der Waals surface area contributed by atoms with Gasteiger partial charge < -0.3 is 15.2 Å². The molecule has 3 aromatic rings. The van der Waals surface area contributed by atoms with Gasteiger partial charge in [-0.15, -0.1) is 0 Å². The highest BCUT2D eigenvalue weighted by molar-refractivity contribution is 5.92. The summed E-state index contributed by atoms with van der Waals surface area (Å²) in [6, 6.07) is 3.70. The molecule has 3 aromatic heterocycles. The minimum Gasteiger partial charge on any atom is -0.354 e. The summed E-state index contributed by atoms with van der Waals surface area (Å²) >= 11 is 0. The number of likely N-dealkylation sites (N-methyl/N-ethyl adjacent to an activating group) is 1. The smallest absolute Gasteiger partial charge is 0.247 e. The molecule has 26 heavy (non-hydrogen) atoms. The normalized spacial score (nSPS) is 11.6. The van der Waals surface area contributed by atoms with E-state index in [1.807, 2.05) is 19.1 Å². The highest BCUT2D eigenvalue weighted by atomic mass is 19.1. The van der Waals surface area contributed by atoms with Gasteiger partial charge in [-0.1, -0.05) is 0 Å². The molecule has 0 fully saturated rings. The maximum absolute atomic E-state index is 14.3. The average molecular weight is 356 g/mol. The molecule has 0 bridgehead atoms. The fourth-order valence-corrected chi connectivity index (χ4v) is 2.70. The molecule has 1 amide bonds. The molecule has 7 nitrogen and oxygen atoms in total. The second-order valence-corrected chi connectivity index (χ2v) is 6.56. The molecule has 0 aliphatic carbocycles. The summed E-state index contributed by atoms with van der Waals surface area (Å²) < 4.78 is 14.3. The van der Waals surface area contributed by atoms with Crippen molar-refractivity contribution in [2.24, 2.45) is 0 Å². The molecule has 3 heterocycles. The lowest BCUT2D eigenvalue weighted by Crippen LogP contribution is -2.48. The average Bonchev–Trinajstić information content (AvgIpc) is 3.06. The minimum atomic E-state index is -1.01. The van der Waals surface area contributed by atoms with E-state index in [0.29, 0.717) is 23.6 Å². The number of pyridine rings is 1. The molecule has 0 unspecified atom stereocenters. The van der Waals surface area contributed by atoms with Gasteiger partial charge in [0.25, 0.3) is 0 Å². The van der Waals surface area contributed by atoms with Crippen LogP contribution in [0.15, 0.2) is 30.7 Å². The number of aromatic amines is 1. The van der Waals surface area contributed by atoms with Crippen LogP contribution in [0, 0.1) is 5.82 Å². The van der Waals surface area contributed by atoms with Crippen LogP contribution in [0.4, 0.5) is 10.2 Å². The molecule has 0 saturated carbocycles. The first kappa shape index (κ1) is 17.8. The van der Waals surface area contributed by atoms with Gasteiger partial charge in [0.1, 0.15) is 11.2 Å². The number of H-pyrrole nitrogens is 1. The van der Waals surface area contributed by atoms with Gasteiger partial charge in [-0.2, -0.15) is 0 Å². The van der Waals surface area contributed by atoms with E-state index in [9.17, 15) is 9.18 Å². The third-order valence-electron chi connectivity index (χ3n) is 4.22. The Balaban J connectivity index is 1.97. The number of hydrogen-bond acceptors (Lipinski definition) is 5. The van der Waals surface area contributed by atoms with Gasteiger partial charge in [-0.25, -0.2) is 19.3 Å². The predicted molar refractivity (Wildman–Crippen MR) is 98.1 cm³/mol. The van der Waals surface area contributed by atoms with Crippen molar-refractivity contribution in [2.45, 2.75) is 26.3 Å². The van der Waals surface area contributed by atoms with Crippen molar-refractivity contribution in [1.82, 2.24) is 24.8 Å². The Morgan fingerprint density at radius 3 is 2.88 bits per heavy atom. The number of hydrogen-bond donors (Lipinski definition) is 2. The first-order chi connectivity index (χ1) is 12.3. The van der Waals surface area contributed by atoms with Crippen molar-refractivity contribution in [3.63, 3.8) is 0 Å². The molecule has 136 valence electrons. The number of carbonyl (C=O) groups is 1. The number of amides is 1. The van der Waals surface area contributed by atoms with Gasteiger partial charge in [0.2, 0.25) is 5.91 Å². The topological polar surface area (TPSA) is 86.8 Å². The Bertz CT molecular complexity index is 952. The number of aromatic nitrogens is 4. The van der Waals surface area contributed by atoms with Gasteiger partial charge in [-0.05, 0) is 32.9 Å². The first-order valence-electron chi connectivity index (χ1n) is 8.32. The largest absolute Gasteiger partial charge is 0.354 e. The van der Waals surface area contributed by atoms with E-state index in [1.54, 1.807) is 38.2 Å². The fraction of sp³-hybridized carbons (Fsp3) is 0.333. The van der Waals surface area contributed by atoms with E-state index < -0.39 is 11.4 Å². The van der Waals surface area contributed by atoms with E-state index in [1.165, 1.54) is 0 Å². The van der Waals surface area contributed by atoms with Crippen LogP contribution in [0.1, 0.15) is 20.8 Å². The van der Waals surface area contributed by atoms with Gasteiger partial charge in [-0.3, -0.25) is 4.79 Å². The van der Waals surface area contributed by atoms with Crippen molar-refractivity contribution in [1.29, 1.82) is 0 Å². The Morgan fingerprint density at radius 2 is 2.15 bits per heavy atom. The lowest BCUT2D eigenvalue weighted by molar-refractivity contribution is -0.133. The second kappa shape index (κ2) is 6.70. The van der Waals surface area contributed by atoms with Crippen molar-refractivity contribution < 1.29 is 9.18 Å². The Hall–Kier alpha value is -3.03. The first-order valence-corrected chi connectivity index (χ1v) is 8.32. The zero-order chi connectivity index (χ0) is 18.9. The number of nitrogens with one attached hydrogen (secondary N) is 2. The Kier molecular flexibility index (Phi) is 4.58. The summed E-state index contributed by atoms with van der Waals surface area (Å²) in [4.78, 5) is 29.7. The predicted octanol–water partition coefficient (Wildman–Crippen LogP) is 2.83. The zero-order valence-corrected chi connectivity index (χ0v) is 15.2. The second-order valence-electron chi connectivity index (χ2n) is 6.56. The van der Waals surface area contributed by atoms with Crippen molar-refractivity contribution >= 4 is 22.8 Å². The minimum absolute atomic E-state index is 0.0175. The van der Waals surface area contributed by atoms with Crippen molar-refractivity contribution in [2.75, 3.05) is 18.9 Å². The zero-order valence-electron chi connectivity index (χ0n) is 15.2. The van der Waals surface area contributed by atoms with E-state index >= 15 is 0 Å². The summed E-state index contributed by atoms with van der Waals surface area (Å²) in [5, 5.41) is 3.75. The summed E-state index contributed by atoms with van der Waals surface area (Å²) in [7, 11) is 1.70. The fourth-order valence-electron chi connectivity index (χ4n) is 2.70. The molecule has 0 aliphatic rings. The maximum atomic E-state index is 14.3. The Morgan fingerprint density at radius 1 is 1.38 bits per heavy atom. The summed E-state index contributed by atoms with van der Waals surface area (Å²) in [6.45, 7) is 5.82. The van der Waals surface area contributed by atoms with Gasteiger partial charge in [0.05, 0.1) is 6.20 Å². The van der Waals surface area contributed by atoms with E-state index in [-0.39, 0.29) is 11.7 Å². The summed E-state index contributed by atoms with van der Waals surface area (Å²) in [5.41, 5.74) is 0.398. The monoisotopic (exact) mass is 356 g/mol. The number of fused-ring (bicyclic) bond motifs is 1. The number of nitrogens with zero attached hydrogens (tertiary/aromatic N) is 4. The van der Waals surface area contributed by atoms with Crippen LogP contribution in [0.2, 0.25) is 0 Å². The van der Waals surface area contributed by atoms with Gasteiger partial charge in [0, 0.05) is 36.9 Å². The van der Waals surface area contributed by atoms with Crippen LogP contribution in [-0.4, -0.2) is 49.9 Å². The van der Waals surface area contributed by atoms with Crippen LogP contribution >= 0.6 is 0 Å². The van der Waals surface area contributed by atoms with Gasteiger partial charge >= 0.3 is 0 Å². The van der Waals surface area contributed by atoms with Crippen LogP contribution in [0.25, 0.3) is 22.4 Å². The molecule has 0 aliphatic heterocycles. The standard InChI is InChI=1S/C18H21FN6O/c1-5-25(4)17(26)18(2,3)24-16-13(19)10-22-15(23-16)12-9-21-14-11(12)7-6-8-20-14/h6-10H,5H2,1-4H3,(H,20,21)(H,22,23,24). The third kappa shape index (κ3) is 3.22. The number of halogens is 1. The number of rotatable bonds is 5. The van der Waals surface area contributed by atoms with E-state index in [4.69, 9.17) is 0 Å². The molecule has 0 atom stereocenters. The lowest BCUT2D eigenvalue weighted by atomic mass is 10.0. The van der Waals surface area contributed by atoms with Crippen molar-refractivity contribution in [3.05, 3.63) is 36.5 Å². The van der Waals surface area contributed by atoms with E-state index in [0.717, 1.165) is 11.6 Å². The van der Waals surface area contributed by atoms with Crippen molar-refractivity contribution in [3.8, 4) is 11.4 Å². The van der Waals surface area contributed by atoms with Crippen LogP contribution < -0.4 is 5.32 Å². The molecule has 0 aromatic carbocycles. The number of carbonyl (C=O) groups excluding carboxylic acids is 1. The molecule has 0 saturated heterocycles. The number of anilines is 1. The summed E-state index contributed by atoms with van der Waals surface area (Å²) in [5.74, 6) is -0.445. The molecule has 8 heteroatoms. The maximum Gasteiger partial charge on any atom is 0.247 e. The quantitative estimate of drug-likeness (QED) is 0.734. The van der Waals surface area contributed by atoms with E-state index in [2.05, 4.69) is 25.3 Å². The highest BCUT2D eigenvalue weighted by Crippen LogP contribution is 2.27. The highest BCUT2D eigenvalue weighted by Gasteiger charge is 2.31. The molecule has 2 N–H and O–H groups in total. The molecular formula is C18H21FN6O.